The molecule has 1 unspecified atom stereocenters. The van der Waals surface area contributed by atoms with Gasteiger partial charge in [-0.05, 0) is 53.9 Å². The number of thiophene rings is 3. The molecule has 5 heterocycles. The highest BCUT2D eigenvalue weighted by atomic mass is 32.1. The first-order chi connectivity index (χ1) is 19.1. The van der Waals surface area contributed by atoms with Crippen LogP contribution in [0.4, 0.5) is 0 Å². The lowest BCUT2D eigenvalue weighted by Crippen LogP contribution is -2.32. The molecular formula is C32H32N2O2S3. The molecule has 3 aromatic heterocycles. The largest absolute Gasteiger partial charge is 0.357 e. The summed E-state index contributed by atoms with van der Waals surface area (Å²) in [6, 6.07) is 19.2. The van der Waals surface area contributed by atoms with Crippen LogP contribution in [0.2, 0.25) is 0 Å². The highest BCUT2D eigenvalue weighted by molar-refractivity contribution is 7.26. The molecule has 200 valence electrons. The quantitative estimate of drug-likeness (QED) is 0.182. The Labute approximate surface area is 241 Å². The van der Waals surface area contributed by atoms with Crippen molar-refractivity contribution in [3.63, 3.8) is 0 Å². The number of unbranched alkanes of at least 4 members (excludes halogenated alkanes) is 4. The van der Waals surface area contributed by atoms with Crippen molar-refractivity contribution in [2.45, 2.75) is 51.7 Å². The number of amides is 1. The van der Waals surface area contributed by atoms with Gasteiger partial charge in [0.05, 0.1) is 26.7 Å². The Bertz CT molecular complexity index is 1560. The van der Waals surface area contributed by atoms with E-state index in [1.54, 1.807) is 41.1 Å². The van der Waals surface area contributed by atoms with Crippen LogP contribution in [-0.2, 0) is 9.53 Å². The van der Waals surface area contributed by atoms with E-state index in [0.717, 1.165) is 45.3 Å². The van der Waals surface area contributed by atoms with Gasteiger partial charge < -0.3 is 15.0 Å². The maximum atomic E-state index is 13.6. The van der Waals surface area contributed by atoms with Gasteiger partial charge in [0.1, 0.15) is 0 Å². The fourth-order valence-corrected chi connectivity index (χ4v) is 8.44. The predicted molar refractivity (Wildman–Crippen MR) is 167 cm³/mol. The Hall–Kier alpha value is -2.97. The number of benzene rings is 1. The summed E-state index contributed by atoms with van der Waals surface area (Å²) in [6.45, 7) is 6.77. The number of fused-ring (bicyclic) bond motifs is 2. The predicted octanol–water partition coefficient (Wildman–Crippen LogP) is 9.11. The van der Waals surface area contributed by atoms with Gasteiger partial charge in [-0.3, -0.25) is 4.79 Å². The summed E-state index contributed by atoms with van der Waals surface area (Å²) in [5.41, 5.74) is 4.40. The van der Waals surface area contributed by atoms with Crippen LogP contribution >= 0.6 is 34.0 Å². The molecule has 0 saturated carbocycles. The average molecular weight is 573 g/mol. The van der Waals surface area contributed by atoms with Crippen LogP contribution in [0.1, 0.15) is 55.2 Å². The summed E-state index contributed by atoms with van der Waals surface area (Å²) in [5, 5.41) is 6.47. The minimum Gasteiger partial charge on any atom is -0.357 e. The molecule has 4 nitrogen and oxygen atoms in total. The standard InChI is InChI=1S/C32H32N2O2S3/c1-4-5-6-7-8-12-20(2)34-30(25-17-16-23(39-25)26-19-21-13-9-10-14-22(21)38-26)28-27(32(34)36-3)29(33-31(28)35)24-15-11-18-37-24/h9-11,13-19,32H,2,4-8,12H2,1,3H3,(H,33,35). The van der Waals surface area contributed by atoms with Gasteiger partial charge in [0.2, 0.25) is 0 Å². The van der Waals surface area contributed by atoms with E-state index in [1.165, 1.54) is 45.5 Å². The SMILES string of the molecule is C=C(CCCCCCC)N1C(c2ccc(-c3cc4ccccc4s3)s2)=C2C(=O)NC(c3cccs3)=C2C1OC. The Morgan fingerprint density at radius 1 is 0.974 bits per heavy atom. The second kappa shape index (κ2) is 11.3. The van der Waals surface area contributed by atoms with Crippen molar-refractivity contribution in [3.05, 3.63) is 93.2 Å². The van der Waals surface area contributed by atoms with Gasteiger partial charge in [-0.1, -0.05) is 63.5 Å². The van der Waals surface area contributed by atoms with E-state index in [-0.39, 0.29) is 5.91 Å². The number of allylic oxidation sites excluding steroid dienone is 1. The van der Waals surface area contributed by atoms with Gasteiger partial charge in [-0.25, -0.2) is 0 Å². The van der Waals surface area contributed by atoms with Crippen LogP contribution in [0, 0.1) is 0 Å². The van der Waals surface area contributed by atoms with Gasteiger partial charge >= 0.3 is 0 Å². The molecule has 0 fully saturated rings. The zero-order valence-electron chi connectivity index (χ0n) is 22.3. The van der Waals surface area contributed by atoms with E-state index < -0.39 is 6.23 Å². The van der Waals surface area contributed by atoms with E-state index in [2.05, 4.69) is 72.3 Å². The fourth-order valence-electron chi connectivity index (χ4n) is 5.50. The molecule has 0 aliphatic carbocycles. The maximum Gasteiger partial charge on any atom is 0.258 e. The molecule has 1 aromatic carbocycles. The van der Waals surface area contributed by atoms with Crippen molar-refractivity contribution in [1.29, 1.82) is 0 Å². The molecule has 4 aromatic rings. The molecule has 0 spiro atoms. The first-order valence-corrected chi connectivity index (χ1v) is 16.0. The van der Waals surface area contributed by atoms with Crippen molar-refractivity contribution >= 4 is 61.4 Å². The van der Waals surface area contributed by atoms with Crippen molar-refractivity contribution in [3.8, 4) is 9.75 Å². The molecule has 1 amide bonds. The minimum absolute atomic E-state index is 0.0690. The third-order valence-corrected chi connectivity index (χ3v) is 10.7. The van der Waals surface area contributed by atoms with Gasteiger partial charge in [0.25, 0.3) is 5.91 Å². The number of rotatable bonds is 11. The van der Waals surface area contributed by atoms with E-state index in [4.69, 9.17) is 4.74 Å². The number of nitrogens with zero attached hydrogens (tertiary/aromatic N) is 1. The van der Waals surface area contributed by atoms with E-state index >= 15 is 0 Å². The van der Waals surface area contributed by atoms with E-state index in [9.17, 15) is 4.79 Å². The lowest BCUT2D eigenvalue weighted by Gasteiger charge is -2.31. The topological polar surface area (TPSA) is 41.6 Å². The first-order valence-electron chi connectivity index (χ1n) is 13.5. The van der Waals surface area contributed by atoms with E-state index in [1.807, 2.05) is 11.4 Å². The monoisotopic (exact) mass is 572 g/mol. The molecule has 0 bridgehead atoms. The van der Waals surface area contributed by atoms with Crippen LogP contribution in [0.25, 0.3) is 31.2 Å². The van der Waals surface area contributed by atoms with Gasteiger partial charge in [0, 0.05) is 32.8 Å². The number of hydrogen-bond acceptors (Lipinski definition) is 6. The zero-order chi connectivity index (χ0) is 26.9. The third kappa shape index (κ3) is 4.82. The summed E-state index contributed by atoms with van der Waals surface area (Å²) >= 11 is 5.16. The second-order valence-electron chi connectivity index (χ2n) is 9.94. The Morgan fingerprint density at radius 2 is 1.79 bits per heavy atom. The summed E-state index contributed by atoms with van der Waals surface area (Å²) in [5.74, 6) is -0.0690. The van der Waals surface area contributed by atoms with Crippen molar-refractivity contribution in [2.24, 2.45) is 0 Å². The summed E-state index contributed by atoms with van der Waals surface area (Å²) in [4.78, 5) is 20.3. The molecule has 6 rings (SSSR count). The normalized spacial score (nSPS) is 17.0. The molecule has 0 saturated heterocycles. The molecule has 7 heteroatoms. The van der Waals surface area contributed by atoms with Gasteiger partial charge in [-0.15, -0.1) is 34.0 Å². The zero-order valence-corrected chi connectivity index (χ0v) is 24.7. The fraction of sp³-hybridized carbons (Fsp3) is 0.281. The van der Waals surface area contributed by atoms with Crippen LogP contribution in [0.5, 0.6) is 0 Å². The smallest absolute Gasteiger partial charge is 0.258 e. The molecule has 1 atom stereocenters. The number of carbonyl (C=O) groups is 1. The van der Waals surface area contributed by atoms with Crippen LogP contribution in [-0.4, -0.2) is 24.1 Å². The number of methoxy groups -OCH3 is 1. The van der Waals surface area contributed by atoms with Crippen LogP contribution in [0.15, 0.2) is 83.4 Å². The molecule has 39 heavy (non-hydrogen) atoms. The summed E-state index contributed by atoms with van der Waals surface area (Å²) in [6.07, 6.45) is 6.47. The third-order valence-electron chi connectivity index (χ3n) is 7.37. The lowest BCUT2D eigenvalue weighted by atomic mass is 10.1. The molecule has 2 aliphatic rings. The highest BCUT2D eigenvalue weighted by Crippen LogP contribution is 2.50. The maximum absolute atomic E-state index is 13.6. The van der Waals surface area contributed by atoms with Gasteiger partial charge in [0.15, 0.2) is 6.23 Å². The van der Waals surface area contributed by atoms with E-state index in [0.29, 0.717) is 5.57 Å². The number of carbonyl (C=O) groups excluding carboxylic acids is 1. The summed E-state index contributed by atoms with van der Waals surface area (Å²) < 4.78 is 7.43. The Balaban J connectivity index is 1.42. The Kier molecular flexibility index (Phi) is 7.58. The minimum atomic E-state index is -0.399. The van der Waals surface area contributed by atoms with Crippen molar-refractivity contribution < 1.29 is 9.53 Å². The molecule has 2 aliphatic heterocycles. The molecule has 1 N–H and O–H groups in total. The number of nitrogens with one attached hydrogen (secondary N) is 1. The Morgan fingerprint density at radius 3 is 2.56 bits per heavy atom. The van der Waals surface area contributed by atoms with Crippen molar-refractivity contribution in [1.82, 2.24) is 10.2 Å². The van der Waals surface area contributed by atoms with Gasteiger partial charge in [-0.2, -0.15) is 0 Å². The highest BCUT2D eigenvalue weighted by Gasteiger charge is 2.47. The summed E-state index contributed by atoms with van der Waals surface area (Å²) in [7, 11) is 1.73. The van der Waals surface area contributed by atoms with Crippen molar-refractivity contribution in [2.75, 3.05) is 7.11 Å². The second-order valence-corrected chi connectivity index (χ2v) is 13.1. The van der Waals surface area contributed by atoms with Crippen LogP contribution < -0.4 is 5.32 Å². The molecular weight excluding hydrogens is 541 g/mol. The lowest BCUT2D eigenvalue weighted by molar-refractivity contribution is -0.115. The first kappa shape index (κ1) is 26.3. The number of ether oxygens (including phenoxy) is 1. The average Bonchev–Trinajstić information content (AvgIpc) is 3.76. The number of hydrogen-bond donors (Lipinski definition) is 1. The molecule has 0 radical (unpaired) electrons. The van der Waals surface area contributed by atoms with Crippen LogP contribution in [0.3, 0.4) is 0 Å².